The lowest BCUT2D eigenvalue weighted by molar-refractivity contribution is 0.110. The SMILES string of the molecule is Cc1cc(C)c(OCC(O)CC#N)c(C)c1. The maximum atomic E-state index is 9.40. The molecule has 1 N–H and O–H groups in total. The minimum atomic E-state index is -0.717. The van der Waals surface area contributed by atoms with E-state index in [0.29, 0.717) is 0 Å². The van der Waals surface area contributed by atoms with Crippen LogP contribution in [-0.4, -0.2) is 17.8 Å². The van der Waals surface area contributed by atoms with Crippen molar-refractivity contribution in [3.05, 3.63) is 28.8 Å². The maximum absolute atomic E-state index is 9.40. The van der Waals surface area contributed by atoms with Crippen LogP contribution in [0.15, 0.2) is 12.1 Å². The van der Waals surface area contributed by atoms with Crippen LogP contribution in [0.25, 0.3) is 0 Å². The van der Waals surface area contributed by atoms with Crippen molar-refractivity contribution in [3.63, 3.8) is 0 Å². The average Bonchev–Trinajstić information content (AvgIpc) is 2.16. The lowest BCUT2D eigenvalue weighted by Gasteiger charge is -2.14. The van der Waals surface area contributed by atoms with Crippen LogP contribution in [0, 0.1) is 32.1 Å². The minimum Gasteiger partial charge on any atom is -0.490 e. The fourth-order valence-electron chi connectivity index (χ4n) is 1.74. The van der Waals surface area contributed by atoms with Gasteiger partial charge in [0.05, 0.1) is 12.5 Å². The second kappa shape index (κ2) is 5.53. The second-order valence-corrected chi connectivity index (χ2v) is 4.05. The highest BCUT2D eigenvalue weighted by Gasteiger charge is 2.08. The molecule has 0 heterocycles. The first-order valence-corrected chi connectivity index (χ1v) is 5.30. The van der Waals surface area contributed by atoms with Crippen LogP contribution in [0.3, 0.4) is 0 Å². The molecule has 0 fully saturated rings. The monoisotopic (exact) mass is 219 g/mol. The van der Waals surface area contributed by atoms with Crippen molar-refractivity contribution in [3.8, 4) is 11.8 Å². The van der Waals surface area contributed by atoms with E-state index in [1.165, 1.54) is 5.56 Å². The summed E-state index contributed by atoms with van der Waals surface area (Å²) in [5, 5.41) is 17.8. The van der Waals surface area contributed by atoms with Crippen LogP contribution in [0.1, 0.15) is 23.1 Å². The van der Waals surface area contributed by atoms with E-state index >= 15 is 0 Å². The third-order valence-corrected chi connectivity index (χ3v) is 2.35. The van der Waals surface area contributed by atoms with Crippen LogP contribution in [-0.2, 0) is 0 Å². The zero-order chi connectivity index (χ0) is 12.1. The Morgan fingerprint density at radius 2 is 1.88 bits per heavy atom. The molecule has 3 nitrogen and oxygen atoms in total. The fraction of sp³-hybridized carbons (Fsp3) is 0.462. The van der Waals surface area contributed by atoms with E-state index in [2.05, 4.69) is 0 Å². The van der Waals surface area contributed by atoms with E-state index in [1.807, 2.05) is 39.0 Å². The van der Waals surface area contributed by atoms with E-state index in [4.69, 9.17) is 10.00 Å². The molecule has 0 saturated carbocycles. The molecular weight excluding hydrogens is 202 g/mol. The van der Waals surface area contributed by atoms with E-state index in [-0.39, 0.29) is 13.0 Å². The van der Waals surface area contributed by atoms with E-state index in [0.717, 1.165) is 16.9 Å². The van der Waals surface area contributed by atoms with Gasteiger partial charge in [0.2, 0.25) is 0 Å². The highest BCUT2D eigenvalue weighted by molar-refractivity contribution is 5.42. The van der Waals surface area contributed by atoms with Crippen LogP contribution in [0.5, 0.6) is 5.75 Å². The maximum Gasteiger partial charge on any atom is 0.125 e. The normalized spacial score (nSPS) is 11.9. The summed E-state index contributed by atoms with van der Waals surface area (Å²) in [5.41, 5.74) is 3.31. The number of rotatable bonds is 4. The van der Waals surface area contributed by atoms with Crippen molar-refractivity contribution in [1.82, 2.24) is 0 Å². The number of aryl methyl sites for hydroxylation is 3. The molecule has 0 saturated heterocycles. The molecule has 0 spiro atoms. The van der Waals surface area contributed by atoms with Crippen molar-refractivity contribution in [2.24, 2.45) is 0 Å². The first-order valence-electron chi connectivity index (χ1n) is 5.30. The number of benzene rings is 1. The third kappa shape index (κ3) is 3.25. The third-order valence-electron chi connectivity index (χ3n) is 2.35. The molecule has 86 valence electrons. The minimum absolute atomic E-state index is 0.101. The van der Waals surface area contributed by atoms with E-state index in [1.54, 1.807) is 0 Å². The molecule has 0 aliphatic carbocycles. The lowest BCUT2D eigenvalue weighted by atomic mass is 10.1. The van der Waals surface area contributed by atoms with E-state index < -0.39 is 6.10 Å². The van der Waals surface area contributed by atoms with Gasteiger partial charge in [-0.2, -0.15) is 5.26 Å². The van der Waals surface area contributed by atoms with Crippen LogP contribution in [0.2, 0.25) is 0 Å². The summed E-state index contributed by atoms with van der Waals surface area (Å²) in [5.74, 6) is 0.808. The molecule has 1 atom stereocenters. The molecule has 1 aromatic carbocycles. The summed E-state index contributed by atoms with van der Waals surface area (Å²) >= 11 is 0. The van der Waals surface area contributed by atoms with Gasteiger partial charge in [-0.25, -0.2) is 0 Å². The standard InChI is InChI=1S/C13H17NO2/c1-9-6-10(2)13(11(3)7-9)16-8-12(15)4-5-14/h6-7,12,15H,4,8H2,1-3H3. The van der Waals surface area contributed by atoms with Crippen molar-refractivity contribution >= 4 is 0 Å². The summed E-state index contributed by atoms with van der Waals surface area (Å²) in [6.45, 7) is 6.16. The van der Waals surface area contributed by atoms with Crippen molar-refractivity contribution < 1.29 is 9.84 Å². The zero-order valence-corrected chi connectivity index (χ0v) is 9.95. The van der Waals surface area contributed by atoms with Crippen LogP contribution < -0.4 is 4.74 Å². The Hall–Kier alpha value is -1.53. The number of ether oxygens (including phenoxy) is 1. The molecule has 1 rings (SSSR count). The zero-order valence-electron chi connectivity index (χ0n) is 9.95. The Morgan fingerprint density at radius 3 is 2.38 bits per heavy atom. The van der Waals surface area contributed by atoms with E-state index in [9.17, 15) is 5.11 Å². The van der Waals surface area contributed by atoms with Gasteiger partial charge in [-0.3, -0.25) is 0 Å². The van der Waals surface area contributed by atoms with Crippen molar-refractivity contribution in [2.75, 3.05) is 6.61 Å². The Bertz CT molecular complexity index is 384. The molecule has 1 unspecified atom stereocenters. The van der Waals surface area contributed by atoms with Gasteiger partial charge in [-0.15, -0.1) is 0 Å². The van der Waals surface area contributed by atoms with Crippen LogP contribution in [0.4, 0.5) is 0 Å². The van der Waals surface area contributed by atoms with Gasteiger partial charge in [0.1, 0.15) is 18.5 Å². The van der Waals surface area contributed by atoms with Gasteiger partial charge in [-0.05, 0) is 31.9 Å². The molecule has 16 heavy (non-hydrogen) atoms. The second-order valence-electron chi connectivity index (χ2n) is 4.05. The fourth-order valence-corrected chi connectivity index (χ4v) is 1.74. The molecule has 0 bridgehead atoms. The predicted octanol–water partition coefficient (Wildman–Crippen LogP) is 2.27. The summed E-state index contributed by atoms with van der Waals surface area (Å²) in [6.07, 6.45) is -0.616. The van der Waals surface area contributed by atoms with Gasteiger partial charge >= 0.3 is 0 Å². The molecule has 0 aromatic heterocycles. The average molecular weight is 219 g/mol. The smallest absolute Gasteiger partial charge is 0.125 e. The molecule has 1 aromatic rings. The summed E-state index contributed by atoms with van der Waals surface area (Å²) in [7, 11) is 0. The Kier molecular flexibility index (Phi) is 4.33. The lowest BCUT2D eigenvalue weighted by Crippen LogP contribution is -2.17. The largest absolute Gasteiger partial charge is 0.490 e. The van der Waals surface area contributed by atoms with Crippen molar-refractivity contribution in [2.45, 2.75) is 33.3 Å². The Labute approximate surface area is 96.3 Å². The highest BCUT2D eigenvalue weighted by Crippen LogP contribution is 2.24. The molecule has 0 radical (unpaired) electrons. The van der Waals surface area contributed by atoms with Gasteiger partial charge < -0.3 is 9.84 Å². The number of aliphatic hydroxyl groups excluding tert-OH is 1. The number of nitriles is 1. The van der Waals surface area contributed by atoms with Crippen molar-refractivity contribution in [1.29, 1.82) is 5.26 Å². The highest BCUT2D eigenvalue weighted by atomic mass is 16.5. The number of nitrogens with zero attached hydrogens (tertiary/aromatic N) is 1. The Morgan fingerprint density at radius 1 is 1.31 bits per heavy atom. The molecule has 0 amide bonds. The Balaban J connectivity index is 2.71. The number of hydrogen-bond donors (Lipinski definition) is 1. The van der Waals surface area contributed by atoms with Gasteiger partial charge in [-0.1, -0.05) is 17.7 Å². The molecule has 0 aliphatic heterocycles. The quantitative estimate of drug-likeness (QED) is 0.845. The first-order chi connectivity index (χ1) is 7.54. The summed E-state index contributed by atoms with van der Waals surface area (Å²) in [4.78, 5) is 0. The summed E-state index contributed by atoms with van der Waals surface area (Å²) < 4.78 is 5.54. The molecular formula is C13H17NO2. The van der Waals surface area contributed by atoms with Gasteiger partial charge in [0.25, 0.3) is 0 Å². The predicted molar refractivity (Wildman–Crippen MR) is 62.4 cm³/mol. The van der Waals surface area contributed by atoms with Gasteiger partial charge in [0.15, 0.2) is 0 Å². The first kappa shape index (κ1) is 12.5. The molecule has 3 heteroatoms. The number of aliphatic hydroxyl groups is 1. The molecule has 0 aliphatic rings. The van der Waals surface area contributed by atoms with Gasteiger partial charge in [0, 0.05) is 0 Å². The topological polar surface area (TPSA) is 53.2 Å². The van der Waals surface area contributed by atoms with Crippen LogP contribution >= 0.6 is 0 Å². The number of hydrogen-bond acceptors (Lipinski definition) is 3. The summed E-state index contributed by atoms with van der Waals surface area (Å²) in [6, 6.07) is 5.99.